The summed E-state index contributed by atoms with van der Waals surface area (Å²) in [5.41, 5.74) is 5.34. The summed E-state index contributed by atoms with van der Waals surface area (Å²) in [6.45, 7) is 3.74. The number of aliphatic carboxylic acids is 1. The fourth-order valence-electron chi connectivity index (χ4n) is 4.93. The Morgan fingerprint density at radius 3 is 1.59 bits per heavy atom. The van der Waals surface area contributed by atoms with Gasteiger partial charge in [0.2, 0.25) is 0 Å². The summed E-state index contributed by atoms with van der Waals surface area (Å²) in [6.07, 6.45) is 40.1. The van der Waals surface area contributed by atoms with Crippen LogP contribution in [0.2, 0.25) is 0 Å². The molecule has 0 aromatic carbocycles. The summed E-state index contributed by atoms with van der Waals surface area (Å²) in [7, 11) is -4.62. The standard InChI is InChI=1S/C40H72NO9P/c1-3-5-7-9-11-13-15-17-19-21-23-25-27-29-31-33-47-34-37(35-48-51(45,46)49-36-38(41)40(43)44)50-39(42)32-30-28-26-24-22-20-18-16-14-12-10-8-6-4-2/h9-12,15-18,37-38H,3-8,13-14,19-36,41H2,1-2H3,(H,43,44)(H,45,46)/b11-9-,12-10-,17-15-,18-16-. The van der Waals surface area contributed by atoms with E-state index < -0.39 is 45.1 Å². The summed E-state index contributed by atoms with van der Waals surface area (Å²) in [6, 6.07) is -1.48. The van der Waals surface area contributed by atoms with Crippen molar-refractivity contribution in [2.24, 2.45) is 5.73 Å². The molecule has 0 saturated heterocycles. The smallest absolute Gasteiger partial charge is 0.472 e. The number of carbonyl (C=O) groups is 2. The number of phosphoric acid groups is 1. The second kappa shape index (κ2) is 36.3. The Balaban J connectivity index is 4.34. The Hall–Kier alpha value is -2.07. The van der Waals surface area contributed by atoms with E-state index in [1.807, 2.05) is 0 Å². The van der Waals surface area contributed by atoms with Crippen LogP contribution in [0.5, 0.6) is 0 Å². The van der Waals surface area contributed by atoms with Crippen LogP contribution in [0.25, 0.3) is 0 Å². The number of carbonyl (C=O) groups excluding carboxylic acids is 1. The van der Waals surface area contributed by atoms with Gasteiger partial charge in [0.15, 0.2) is 0 Å². The molecule has 0 radical (unpaired) electrons. The van der Waals surface area contributed by atoms with Crippen LogP contribution in [-0.2, 0) is 32.7 Å². The van der Waals surface area contributed by atoms with Gasteiger partial charge in [-0.15, -0.1) is 0 Å². The second-order valence-corrected chi connectivity index (χ2v) is 14.5. The first-order chi connectivity index (χ1) is 24.7. The molecule has 0 aliphatic heterocycles. The van der Waals surface area contributed by atoms with Crippen LogP contribution < -0.4 is 5.73 Å². The molecule has 0 rings (SSSR count). The maximum atomic E-state index is 12.6. The highest BCUT2D eigenvalue weighted by Gasteiger charge is 2.27. The van der Waals surface area contributed by atoms with Crippen LogP contribution in [0.1, 0.15) is 155 Å². The van der Waals surface area contributed by atoms with Gasteiger partial charge in [0.25, 0.3) is 0 Å². The van der Waals surface area contributed by atoms with Crippen molar-refractivity contribution < 1.29 is 42.7 Å². The lowest BCUT2D eigenvalue weighted by molar-refractivity contribution is -0.154. The highest BCUT2D eigenvalue weighted by molar-refractivity contribution is 7.47. The van der Waals surface area contributed by atoms with Gasteiger partial charge in [0.05, 0.1) is 19.8 Å². The Morgan fingerprint density at radius 1 is 0.627 bits per heavy atom. The predicted molar refractivity (Wildman–Crippen MR) is 208 cm³/mol. The number of nitrogens with two attached hydrogens (primary N) is 1. The Bertz CT molecular complexity index is 998. The fraction of sp³-hybridized carbons (Fsp3) is 0.750. The van der Waals surface area contributed by atoms with Gasteiger partial charge < -0.3 is 25.2 Å². The molecule has 51 heavy (non-hydrogen) atoms. The number of esters is 1. The van der Waals surface area contributed by atoms with E-state index in [2.05, 4.69) is 62.5 Å². The first-order valence-corrected chi connectivity index (χ1v) is 21.2. The number of rotatable bonds is 37. The molecule has 0 aromatic rings. The molecule has 0 aliphatic carbocycles. The normalized spacial score (nSPS) is 14.6. The van der Waals surface area contributed by atoms with Crippen molar-refractivity contribution in [2.45, 2.75) is 167 Å². The lowest BCUT2D eigenvalue weighted by Gasteiger charge is -2.20. The maximum Gasteiger partial charge on any atom is 0.472 e. The average molecular weight is 742 g/mol. The van der Waals surface area contributed by atoms with E-state index in [0.717, 1.165) is 77.0 Å². The number of phosphoric ester groups is 1. The molecular weight excluding hydrogens is 669 g/mol. The van der Waals surface area contributed by atoms with Crippen LogP contribution in [-0.4, -0.2) is 60.5 Å². The van der Waals surface area contributed by atoms with Crippen molar-refractivity contribution in [3.8, 4) is 0 Å². The summed E-state index contributed by atoms with van der Waals surface area (Å²) in [5.74, 6) is -1.80. The molecule has 296 valence electrons. The third-order valence-electron chi connectivity index (χ3n) is 8.08. The van der Waals surface area contributed by atoms with Crippen LogP contribution in [0, 0.1) is 0 Å². The van der Waals surface area contributed by atoms with Crippen LogP contribution in [0.15, 0.2) is 48.6 Å². The first-order valence-electron chi connectivity index (χ1n) is 19.7. The van der Waals surface area contributed by atoms with Gasteiger partial charge in [-0.05, 0) is 64.2 Å². The number of hydrogen-bond acceptors (Lipinski definition) is 8. The Kier molecular flexibility index (Phi) is 34.8. The zero-order chi connectivity index (χ0) is 37.7. The van der Waals surface area contributed by atoms with Gasteiger partial charge in [0.1, 0.15) is 12.1 Å². The zero-order valence-corrected chi connectivity index (χ0v) is 32.8. The van der Waals surface area contributed by atoms with Gasteiger partial charge in [-0.1, -0.05) is 133 Å². The number of unbranched alkanes of at least 4 members (excludes halogenated alkanes) is 15. The van der Waals surface area contributed by atoms with Crippen molar-refractivity contribution in [2.75, 3.05) is 26.4 Å². The second-order valence-electron chi connectivity index (χ2n) is 13.0. The first kappa shape index (κ1) is 48.9. The molecular formula is C40H72NO9P. The Morgan fingerprint density at radius 2 is 1.08 bits per heavy atom. The predicted octanol–water partition coefficient (Wildman–Crippen LogP) is 10.3. The van der Waals surface area contributed by atoms with E-state index in [-0.39, 0.29) is 13.0 Å². The van der Waals surface area contributed by atoms with E-state index in [1.165, 1.54) is 51.4 Å². The zero-order valence-electron chi connectivity index (χ0n) is 31.9. The molecule has 0 aromatic heterocycles. The molecule has 0 saturated carbocycles. The van der Waals surface area contributed by atoms with Crippen molar-refractivity contribution in [1.29, 1.82) is 0 Å². The quantitative estimate of drug-likeness (QED) is 0.0242. The SMILES string of the molecule is CCCC/C=C\C/C=C\CCCCCCCCOCC(COP(=O)(O)OCC(N)C(=O)O)OC(=O)CCCCCCC/C=C\C/C=C\CCCC. The summed E-state index contributed by atoms with van der Waals surface area (Å²) < 4.78 is 33.2. The van der Waals surface area contributed by atoms with Gasteiger partial charge in [-0.3, -0.25) is 18.6 Å². The minimum absolute atomic E-state index is 0.00254. The largest absolute Gasteiger partial charge is 0.480 e. The lowest BCUT2D eigenvalue weighted by atomic mass is 10.1. The minimum atomic E-state index is -4.62. The third kappa shape index (κ3) is 36.1. The monoisotopic (exact) mass is 741 g/mol. The van der Waals surface area contributed by atoms with Gasteiger partial charge >= 0.3 is 19.8 Å². The van der Waals surface area contributed by atoms with Gasteiger partial charge in [-0.25, -0.2) is 4.57 Å². The van der Waals surface area contributed by atoms with E-state index in [9.17, 15) is 19.0 Å². The summed E-state index contributed by atoms with van der Waals surface area (Å²) in [4.78, 5) is 33.4. The summed E-state index contributed by atoms with van der Waals surface area (Å²) in [5, 5.41) is 8.87. The van der Waals surface area contributed by atoms with E-state index in [4.69, 9.17) is 29.4 Å². The highest BCUT2D eigenvalue weighted by atomic mass is 31.2. The molecule has 0 bridgehead atoms. The number of carboxylic acid groups (broad SMARTS) is 1. The highest BCUT2D eigenvalue weighted by Crippen LogP contribution is 2.43. The molecule has 10 nitrogen and oxygen atoms in total. The van der Waals surface area contributed by atoms with Gasteiger partial charge in [0, 0.05) is 13.0 Å². The Labute approximate surface area is 309 Å². The van der Waals surface area contributed by atoms with Crippen LogP contribution >= 0.6 is 7.82 Å². The average Bonchev–Trinajstić information content (AvgIpc) is 3.10. The van der Waals surface area contributed by atoms with E-state index >= 15 is 0 Å². The van der Waals surface area contributed by atoms with Crippen LogP contribution in [0.3, 0.4) is 0 Å². The fourth-order valence-corrected chi connectivity index (χ4v) is 5.71. The molecule has 0 spiro atoms. The molecule has 0 amide bonds. The molecule has 0 heterocycles. The molecule has 4 N–H and O–H groups in total. The van der Waals surface area contributed by atoms with Crippen molar-refractivity contribution in [3.63, 3.8) is 0 Å². The molecule has 0 aliphatic rings. The topological polar surface area (TPSA) is 155 Å². The van der Waals surface area contributed by atoms with E-state index in [1.54, 1.807) is 0 Å². The number of carboxylic acids is 1. The van der Waals surface area contributed by atoms with Crippen LogP contribution in [0.4, 0.5) is 0 Å². The van der Waals surface area contributed by atoms with E-state index in [0.29, 0.717) is 13.0 Å². The van der Waals surface area contributed by atoms with Gasteiger partial charge in [-0.2, -0.15) is 0 Å². The number of ether oxygens (including phenoxy) is 2. The summed E-state index contributed by atoms with van der Waals surface area (Å²) >= 11 is 0. The number of hydrogen-bond donors (Lipinski definition) is 3. The molecule has 3 unspecified atom stereocenters. The van der Waals surface area contributed by atoms with Crippen molar-refractivity contribution in [1.82, 2.24) is 0 Å². The number of allylic oxidation sites excluding steroid dienone is 8. The third-order valence-corrected chi connectivity index (χ3v) is 9.03. The lowest BCUT2D eigenvalue weighted by Crippen LogP contribution is -2.34. The maximum absolute atomic E-state index is 12.6. The van der Waals surface area contributed by atoms with Crippen molar-refractivity contribution >= 4 is 19.8 Å². The molecule has 3 atom stereocenters. The molecule has 0 fully saturated rings. The molecule has 11 heteroatoms. The minimum Gasteiger partial charge on any atom is -0.480 e. The van der Waals surface area contributed by atoms with Crippen molar-refractivity contribution in [3.05, 3.63) is 48.6 Å².